The van der Waals surface area contributed by atoms with E-state index in [1.807, 2.05) is 0 Å². The highest BCUT2D eigenvalue weighted by atomic mass is 35.5. The number of pyridine rings is 1. The average molecular weight is 293 g/mol. The summed E-state index contributed by atoms with van der Waals surface area (Å²) < 4.78 is 10.4. The van der Waals surface area contributed by atoms with Crippen LogP contribution in [0.4, 0.5) is 5.82 Å². The molecular weight excluding hydrogens is 280 g/mol. The van der Waals surface area contributed by atoms with Crippen LogP contribution >= 0.6 is 11.6 Å². The van der Waals surface area contributed by atoms with Crippen LogP contribution in [-0.4, -0.2) is 25.1 Å². The Morgan fingerprint density at radius 3 is 2.30 bits per heavy atom. The zero-order valence-corrected chi connectivity index (χ0v) is 11.8. The van der Waals surface area contributed by atoms with Crippen LogP contribution in [0.2, 0.25) is 5.02 Å². The van der Waals surface area contributed by atoms with Gasteiger partial charge in [0.25, 0.3) is 5.91 Å². The Kier molecular flexibility index (Phi) is 4.42. The second-order valence-corrected chi connectivity index (χ2v) is 4.29. The summed E-state index contributed by atoms with van der Waals surface area (Å²) >= 11 is 5.75. The first-order chi connectivity index (χ1) is 9.65. The fourth-order valence-corrected chi connectivity index (χ4v) is 1.82. The summed E-state index contributed by atoms with van der Waals surface area (Å²) in [5, 5.41) is 3.16. The Morgan fingerprint density at radius 1 is 1.15 bits per heavy atom. The monoisotopic (exact) mass is 292 g/mol. The maximum atomic E-state index is 12.3. The predicted octanol–water partition coefficient (Wildman–Crippen LogP) is 3.00. The third-order valence-electron chi connectivity index (χ3n) is 2.62. The third kappa shape index (κ3) is 3.00. The van der Waals surface area contributed by atoms with Gasteiger partial charge in [0, 0.05) is 6.20 Å². The Bertz CT molecular complexity index is 592. The number of nitrogens with zero attached hydrogens (tertiary/aromatic N) is 1. The Hall–Kier alpha value is -2.27. The van der Waals surface area contributed by atoms with Gasteiger partial charge in [-0.3, -0.25) is 4.79 Å². The molecule has 0 aliphatic carbocycles. The van der Waals surface area contributed by atoms with Crippen molar-refractivity contribution in [2.24, 2.45) is 0 Å². The average Bonchev–Trinajstić information content (AvgIpc) is 2.48. The van der Waals surface area contributed by atoms with Crippen molar-refractivity contribution in [2.45, 2.75) is 0 Å². The Balaban J connectivity index is 2.31. The highest BCUT2D eigenvalue weighted by Gasteiger charge is 2.18. The van der Waals surface area contributed by atoms with Crippen LogP contribution in [0.1, 0.15) is 10.4 Å². The highest BCUT2D eigenvalue weighted by molar-refractivity contribution is 6.30. The molecule has 5 nitrogen and oxygen atoms in total. The maximum absolute atomic E-state index is 12.3. The molecule has 6 heteroatoms. The summed E-state index contributed by atoms with van der Waals surface area (Å²) in [5.74, 6) is 0.883. The maximum Gasteiger partial charge on any atom is 0.264 e. The molecule has 2 rings (SSSR count). The lowest BCUT2D eigenvalue weighted by Gasteiger charge is -2.12. The van der Waals surface area contributed by atoms with E-state index < -0.39 is 0 Å². The molecule has 0 atom stereocenters. The van der Waals surface area contributed by atoms with Crippen molar-refractivity contribution >= 4 is 23.3 Å². The number of rotatable bonds is 4. The summed E-state index contributed by atoms with van der Waals surface area (Å²) in [6.45, 7) is 0. The number of benzene rings is 1. The number of ether oxygens (including phenoxy) is 2. The lowest BCUT2D eigenvalue weighted by Crippen LogP contribution is -2.15. The minimum atomic E-state index is -0.367. The molecular formula is C14H13ClN2O3. The van der Waals surface area contributed by atoms with Gasteiger partial charge < -0.3 is 14.8 Å². The second kappa shape index (κ2) is 6.25. The molecule has 0 fully saturated rings. The first-order valence-electron chi connectivity index (χ1n) is 5.79. The molecule has 0 spiro atoms. The third-order valence-corrected chi connectivity index (χ3v) is 2.85. The molecule has 0 aliphatic rings. The molecule has 1 N–H and O–H groups in total. The van der Waals surface area contributed by atoms with Crippen molar-refractivity contribution < 1.29 is 14.3 Å². The standard InChI is InChI=1S/C14H13ClN2O3/c1-19-10-4-3-5-11(20-2)13(10)14(18)17-12-7-6-9(15)8-16-12/h3-8H,1-2H3,(H,16,17,18). The van der Waals surface area contributed by atoms with Gasteiger partial charge in [-0.15, -0.1) is 0 Å². The fraction of sp³-hybridized carbons (Fsp3) is 0.143. The van der Waals surface area contributed by atoms with E-state index in [1.165, 1.54) is 20.4 Å². The van der Waals surface area contributed by atoms with Gasteiger partial charge >= 0.3 is 0 Å². The van der Waals surface area contributed by atoms with Crippen LogP contribution in [0.25, 0.3) is 0 Å². The van der Waals surface area contributed by atoms with Gasteiger partial charge in [-0.05, 0) is 24.3 Å². The summed E-state index contributed by atoms with van der Waals surface area (Å²) in [4.78, 5) is 16.3. The van der Waals surface area contributed by atoms with E-state index in [4.69, 9.17) is 21.1 Å². The highest BCUT2D eigenvalue weighted by Crippen LogP contribution is 2.28. The van der Waals surface area contributed by atoms with Gasteiger partial charge in [-0.1, -0.05) is 17.7 Å². The lowest BCUT2D eigenvalue weighted by molar-refractivity contribution is 0.102. The number of aromatic nitrogens is 1. The van der Waals surface area contributed by atoms with Crippen molar-refractivity contribution in [2.75, 3.05) is 19.5 Å². The summed E-state index contributed by atoms with van der Waals surface area (Å²) in [6, 6.07) is 8.38. The molecule has 1 aromatic carbocycles. The van der Waals surface area contributed by atoms with Crippen LogP contribution in [0.15, 0.2) is 36.5 Å². The molecule has 0 radical (unpaired) electrons. The predicted molar refractivity (Wildman–Crippen MR) is 76.7 cm³/mol. The van der Waals surface area contributed by atoms with Crippen LogP contribution in [0.3, 0.4) is 0 Å². The molecule has 1 amide bonds. The van der Waals surface area contributed by atoms with Crippen molar-refractivity contribution in [3.05, 3.63) is 47.1 Å². The molecule has 0 bridgehead atoms. The fourth-order valence-electron chi connectivity index (χ4n) is 1.70. The van der Waals surface area contributed by atoms with Crippen LogP contribution < -0.4 is 14.8 Å². The van der Waals surface area contributed by atoms with E-state index in [2.05, 4.69) is 10.3 Å². The topological polar surface area (TPSA) is 60.5 Å². The number of hydrogen-bond donors (Lipinski definition) is 1. The van der Waals surface area contributed by atoms with Crippen LogP contribution in [0.5, 0.6) is 11.5 Å². The van der Waals surface area contributed by atoms with Crippen molar-refractivity contribution in [3.63, 3.8) is 0 Å². The van der Waals surface area contributed by atoms with Gasteiger partial charge in [0.1, 0.15) is 22.9 Å². The molecule has 2 aromatic rings. The van der Waals surface area contributed by atoms with Gasteiger partial charge in [0.15, 0.2) is 0 Å². The van der Waals surface area contributed by atoms with Gasteiger partial charge in [-0.2, -0.15) is 0 Å². The van der Waals surface area contributed by atoms with E-state index in [1.54, 1.807) is 30.3 Å². The smallest absolute Gasteiger partial charge is 0.264 e. The number of hydrogen-bond acceptors (Lipinski definition) is 4. The first kappa shape index (κ1) is 14.1. The van der Waals surface area contributed by atoms with E-state index in [9.17, 15) is 4.79 Å². The number of methoxy groups -OCH3 is 2. The largest absolute Gasteiger partial charge is 0.496 e. The number of carbonyl (C=O) groups is 1. The molecule has 104 valence electrons. The summed E-state index contributed by atoms with van der Waals surface area (Å²) in [6.07, 6.45) is 1.45. The number of anilines is 1. The van der Waals surface area contributed by atoms with Crippen LogP contribution in [0, 0.1) is 0 Å². The SMILES string of the molecule is COc1cccc(OC)c1C(=O)Nc1ccc(Cl)cn1. The summed E-state index contributed by atoms with van der Waals surface area (Å²) in [7, 11) is 2.98. The Labute approximate surface area is 121 Å². The van der Waals surface area contributed by atoms with Gasteiger partial charge in [-0.25, -0.2) is 4.98 Å². The molecule has 20 heavy (non-hydrogen) atoms. The molecule has 1 heterocycles. The van der Waals surface area contributed by atoms with Crippen LogP contribution in [-0.2, 0) is 0 Å². The number of nitrogens with one attached hydrogen (secondary N) is 1. The molecule has 0 unspecified atom stereocenters. The van der Waals surface area contributed by atoms with Crippen molar-refractivity contribution in [1.29, 1.82) is 0 Å². The molecule has 0 saturated heterocycles. The number of halogens is 1. The summed E-state index contributed by atoms with van der Waals surface area (Å²) in [5.41, 5.74) is 0.314. The van der Waals surface area contributed by atoms with Gasteiger partial charge in [0.2, 0.25) is 0 Å². The Morgan fingerprint density at radius 2 is 1.80 bits per heavy atom. The molecule has 0 aliphatic heterocycles. The lowest BCUT2D eigenvalue weighted by atomic mass is 10.1. The van der Waals surface area contributed by atoms with E-state index in [0.29, 0.717) is 27.9 Å². The minimum absolute atomic E-state index is 0.314. The van der Waals surface area contributed by atoms with E-state index >= 15 is 0 Å². The zero-order chi connectivity index (χ0) is 14.5. The zero-order valence-electron chi connectivity index (χ0n) is 11.0. The quantitative estimate of drug-likeness (QED) is 0.941. The van der Waals surface area contributed by atoms with Crippen molar-refractivity contribution in [3.8, 4) is 11.5 Å². The second-order valence-electron chi connectivity index (χ2n) is 3.85. The molecule has 0 saturated carbocycles. The van der Waals surface area contributed by atoms with E-state index in [-0.39, 0.29) is 5.91 Å². The normalized spacial score (nSPS) is 9.95. The molecule has 1 aromatic heterocycles. The first-order valence-corrected chi connectivity index (χ1v) is 6.17. The van der Waals surface area contributed by atoms with Gasteiger partial charge in [0.05, 0.1) is 19.2 Å². The van der Waals surface area contributed by atoms with E-state index in [0.717, 1.165) is 0 Å². The number of amides is 1. The number of carbonyl (C=O) groups excluding carboxylic acids is 1. The van der Waals surface area contributed by atoms with Crippen molar-refractivity contribution in [1.82, 2.24) is 4.98 Å². The minimum Gasteiger partial charge on any atom is -0.496 e.